The van der Waals surface area contributed by atoms with Crippen molar-refractivity contribution in [2.45, 2.75) is 6.92 Å². The van der Waals surface area contributed by atoms with Gasteiger partial charge in [-0.05, 0) is 25.1 Å². The van der Waals surface area contributed by atoms with Gasteiger partial charge in [0, 0.05) is 36.5 Å². The molecule has 0 unspecified atom stereocenters. The zero-order chi connectivity index (χ0) is 12.8. The molecule has 0 spiro atoms. The zero-order valence-corrected chi connectivity index (χ0v) is 10.9. The highest BCUT2D eigenvalue weighted by atomic mass is 35.5. The minimum absolute atomic E-state index is 0.0263. The summed E-state index contributed by atoms with van der Waals surface area (Å²) in [5, 5.41) is 8.16. The Labute approximate surface area is 107 Å². The van der Waals surface area contributed by atoms with E-state index in [0.717, 1.165) is 18.8 Å². The predicted molar refractivity (Wildman–Crippen MR) is 72.2 cm³/mol. The second-order valence-corrected chi connectivity index (χ2v) is 4.08. The Morgan fingerprint density at radius 2 is 2.24 bits per heavy atom. The van der Waals surface area contributed by atoms with Crippen LogP contribution in [0.15, 0.2) is 18.2 Å². The normalized spacial score (nSPS) is 10.3. The molecule has 0 saturated heterocycles. The van der Waals surface area contributed by atoms with Crippen LogP contribution in [0.2, 0.25) is 5.02 Å². The summed E-state index contributed by atoms with van der Waals surface area (Å²) in [4.78, 5) is 2.11. The second-order valence-electron chi connectivity index (χ2n) is 3.65. The molecule has 0 saturated carbocycles. The third kappa shape index (κ3) is 3.61. The Kier molecular flexibility index (Phi) is 5.25. The van der Waals surface area contributed by atoms with Crippen molar-refractivity contribution in [1.29, 1.82) is 5.41 Å². The number of anilines is 1. The van der Waals surface area contributed by atoms with Crippen molar-refractivity contribution in [1.82, 2.24) is 0 Å². The number of nitrogens with one attached hydrogen (secondary N) is 1. The lowest BCUT2D eigenvalue weighted by Crippen LogP contribution is -2.29. The van der Waals surface area contributed by atoms with Crippen molar-refractivity contribution in [3.8, 4) is 0 Å². The van der Waals surface area contributed by atoms with Gasteiger partial charge in [-0.1, -0.05) is 11.6 Å². The van der Waals surface area contributed by atoms with E-state index in [1.54, 1.807) is 19.2 Å². The first-order valence-corrected chi connectivity index (χ1v) is 5.85. The highest BCUT2D eigenvalue weighted by molar-refractivity contribution is 6.31. The molecule has 0 atom stereocenters. The minimum Gasteiger partial charge on any atom is -0.384 e. The third-order valence-electron chi connectivity index (χ3n) is 2.54. The van der Waals surface area contributed by atoms with E-state index in [1.165, 1.54) is 0 Å². The lowest BCUT2D eigenvalue weighted by atomic mass is 10.1. The molecule has 0 aliphatic rings. The van der Waals surface area contributed by atoms with Crippen LogP contribution in [0.4, 0.5) is 5.69 Å². The number of hydrogen-bond acceptors (Lipinski definition) is 3. The molecule has 1 rings (SSSR count). The van der Waals surface area contributed by atoms with Crippen molar-refractivity contribution in [3.63, 3.8) is 0 Å². The molecule has 1 aromatic rings. The molecular formula is C12H18ClN3O. The third-order valence-corrected chi connectivity index (χ3v) is 2.77. The lowest BCUT2D eigenvalue weighted by Gasteiger charge is -2.25. The molecule has 0 radical (unpaired) electrons. The van der Waals surface area contributed by atoms with Gasteiger partial charge in [0.05, 0.1) is 6.61 Å². The largest absolute Gasteiger partial charge is 0.384 e. The van der Waals surface area contributed by atoms with E-state index in [0.29, 0.717) is 17.2 Å². The summed E-state index contributed by atoms with van der Waals surface area (Å²) in [6.45, 7) is 4.27. The van der Waals surface area contributed by atoms with Gasteiger partial charge in [0.25, 0.3) is 0 Å². The van der Waals surface area contributed by atoms with E-state index in [2.05, 4.69) is 4.90 Å². The maximum atomic E-state index is 7.58. The van der Waals surface area contributed by atoms with Gasteiger partial charge in [0.1, 0.15) is 5.84 Å². The first kappa shape index (κ1) is 13.8. The van der Waals surface area contributed by atoms with Crippen molar-refractivity contribution < 1.29 is 4.74 Å². The molecule has 4 nitrogen and oxygen atoms in total. The molecular weight excluding hydrogens is 238 g/mol. The van der Waals surface area contributed by atoms with Crippen molar-refractivity contribution in [2.75, 3.05) is 31.7 Å². The van der Waals surface area contributed by atoms with Crippen molar-refractivity contribution in [3.05, 3.63) is 28.8 Å². The molecule has 5 heteroatoms. The van der Waals surface area contributed by atoms with E-state index >= 15 is 0 Å². The molecule has 0 bridgehead atoms. The number of halogens is 1. The average molecular weight is 256 g/mol. The Morgan fingerprint density at radius 3 is 2.76 bits per heavy atom. The van der Waals surface area contributed by atoms with Gasteiger partial charge < -0.3 is 15.4 Å². The average Bonchev–Trinajstić information content (AvgIpc) is 2.31. The first-order chi connectivity index (χ1) is 8.10. The number of likely N-dealkylation sites (N-methyl/N-ethyl adjacent to an activating group) is 1. The quantitative estimate of drug-likeness (QED) is 0.604. The van der Waals surface area contributed by atoms with Gasteiger partial charge in [0.2, 0.25) is 0 Å². The van der Waals surface area contributed by atoms with Crippen LogP contribution in [0.1, 0.15) is 12.5 Å². The number of ether oxygens (including phenoxy) is 1. The van der Waals surface area contributed by atoms with Gasteiger partial charge in [-0.2, -0.15) is 0 Å². The highest BCUT2D eigenvalue weighted by Crippen LogP contribution is 2.23. The van der Waals surface area contributed by atoms with E-state index in [4.69, 9.17) is 27.5 Å². The molecule has 1 aromatic carbocycles. The van der Waals surface area contributed by atoms with Gasteiger partial charge in [-0.25, -0.2) is 0 Å². The topological polar surface area (TPSA) is 62.3 Å². The zero-order valence-electron chi connectivity index (χ0n) is 10.2. The summed E-state index contributed by atoms with van der Waals surface area (Å²) in [5.74, 6) is 0.0263. The Morgan fingerprint density at radius 1 is 1.53 bits per heavy atom. The number of benzene rings is 1. The summed E-state index contributed by atoms with van der Waals surface area (Å²) in [5.41, 5.74) is 7.15. The van der Waals surface area contributed by atoms with E-state index in [1.807, 2.05) is 13.0 Å². The van der Waals surface area contributed by atoms with Crippen LogP contribution >= 0.6 is 11.6 Å². The SMILES string of the molecule is CCN(CCOC)c1ccc(Cl)cc1C(=N)N. The van der Waals surface area contributed by atoms with Crippen LogP contribution in [0.5, 0.6) is 0 Å². The number of amidine groups is 1. The maximum absolute atomic E-state index is 7.58. The van der Waals surface area contributed by atoms with Crippen molar-refractivity contribution in [2.24, 2.45) is 5.73 Å². The standard InChI is InChI=1S/C12H18ClN3O/c1-3-16(6-7-17-2)11-5-4-9(13)8-10(11)12(14)15/h4-5,8H,3,6-7H2,1-2H3,(H3,14,15). The van der Waals surface area contributed by atoms with E-state index in [9.17, 15) is 0 Å². The summed E-state index contributed by atoms with van der Waals surface area (Å²) in [6, 6.07) is 5.41. The summed E-state index contributed by atoms with van der Waals surface area (Å²) < 4.78 is 5.07. The molecule has 0 amide bonds. The molecule has 0 heterocycles. The molecule has 17 heavy (non-hydrogen) atoms. The van der Waals surface area contributed by atoms with Gasteiger partial charge >= 0.3 is 0 Å². The van der Waals surface area contributed by atoms with Gasteiger partial charge in [-0.15, -0.1) is 0 Å². The predicted octanol–water partition coefficient (Wildman–Crippen LogP) is 2.10. The maximum Gasteiger partial charge on any atom is 0.124 e. The van der Waals surface area contributed by atoms with Crippen LogP contribution < -0.4 is 10.6 Å². The van der Waals surface area contributed by atoms with Crippen LogP contribution in [0.25, 0.3) is 0 Å². The minimum atomic E-state index is 0.0263. The van der Waals surface area contributed by atoms with Gasteiger partial charge in [-0.3, -0.25) is 5.41 Å². The Bertz CT molecular complexity index is 395. The number of nitrogens with two attached hydrogens (primary N) is 1. The Balaban J connectivity index is 3.05. The fourth-order valence-corrected chi connectivity index (χ4v) is 1.82. The number of rotatable bonds is 6. The molecule has 0 aliphatic heterocycles. The Hall–Kier alpha value is -1.26. The number of nitrogen functional groups attached to an aromatic ring is 1. The fourth-order valence-electron chi connectivity index (χ4n) is 1.65. The molecule has 3 N–H and O–H groups in total. The number of nitrogens with zero attached hydrogens (tertiary/aromatic N) is 1. The molecule has 0 aromatic heterocycles. The number of methoxy groups -OCH3 is 1. The van der Waals surface area contributed by atoms with Crippen LogP contribution in [0, 0.1) is 5.41 Å². The van der Waals surface area contributed by atoms with Crippen molar-refractivity contribution >= 4 is 23.1 Å². The smallest absolute Gasteiger partial charge is 0.124 e. The summed E-state index contributed by atoms with van der Waals surface area (Å²) >= 11 is 5.92. The monoisotopic (exact) mass is 255 g/mol. The molecule has 0 fully saturated rings. The van der Waals surface area contributed by atoms with Crippen LogP contribution in [-0.2, 0) is 4.74 Å². The first-order valence-electron chi connectivity index (χ1n) is 5.48. The highest BCUT2D eigenvalue weighted by Gasteiger charge is 2.12. The molecule has 0 aliphatic carbocycles. The second kappa shape index (κ2) is 6.47. The number of hydrogen-bond donors (Lipinski definition) is 2. The fraction of sp³-hybridized carbons (Fsp3) is 0.417. The van der Waals surface area contributed by atoms with E-state index in [-0.39, 0.29) is 5.84 Å². The summed E-state index contributed by atoms with van der Waals surface area (Å²) in [7, 11) is 1.67. The summed E-state index contributed by atoms with van der Waals surface area (Å²) in [6.07, 6.45) is 0. The van der Waals surface area contributed by atoms with Crippen LogP contribution in [-0.4, -0.2) is 32.6 Å². The van der Waals surface area contributed by atoms with E-state index < -0.39 is 0 Å². The van der Waals surface area contributed by atoms with Crippen LogP contribution in [0.3, 0.4) is 0 Å². The molecule has 94 valence electrons. The lowest BCUT2D eigenvalue weighted by molar-refractivity contribution is 0.205. The van der Waals surface area contributed by atoms with Gasteiger partial charge in [0.15, 0.2) is 0 Å².